The van der Waals surface area contributed by atoms with Gasteiger partial charge in [0.2, 0.25) is 5.91 Å². The summed E-state index contributed by atoms with van der Waals surface area (Å²) in [4.78, 5) is 22.4. The van der Waals surface area contributed by atoms with E-state index in [2.05, 4.69) is 5.32 Å². The summed E-state index contributed by atoms with van der Waals surface area (Å²) in [7, 11) is 0. The molecular formula is C15H16N2O3. The van der Waals surface area contributed by atoms with Crippen LogP contribution in [-0.2, 0) is 4.79 Å². The van der Waals surface area contributed by atoms with E-state index in [0.717, 1.165) is 11.8 Å². The number of rotatable bonds is 3. The van der Waals surface area contributed by atoms with E-state index in [1.807, 2.05) is 0 Å². The quantitative estimate of drug-likeness (QED) is 0.679. The molecule has 1 aromatic rings. The zero-order valence-corrected chi connectivity index (χ0v) is 11.0. The highest BCUT2D eigenvalue weighted by Gasteiger charge is 2.67. The zero-order chi connectivity index (χ0) is 13.9. The van der Waals surface area contributed by atoms with Gasteiger partial charge in [-0.1, -0.05) is 0 Å². The summed E-state index contributed by atoms with van der Waals surface area (Å²) >= 11 is 0. The van der Waals surface area contributed by atoms with Gasteiger partial charge in [0, 0.05) is 23.7 Å². The standard InChI is InChI=1S/C15H16N2O3/c18-15(14-12-8-1-2-9(7-8)13(12)14)16-10-3-5-11(6-4-10)17(19)20/h3-6,8-9,12-14H,1-2,7H2,(H,16,18)/t8-,9-,12-,13+,14?/m1/s1. The third-order valence-electron chi connectivity index (χ3n) is 5.38. The van der Waals surface area contributed by atoms with E-state index >= 15 is 0 Å². The second-order valence-electron chi connectivity index (χ2n) is 6.31. The number of fused-ring (bicyclic) bond motifs is 5. The molecule has 1 N–H and O–H groups in total. The molecule has 20 heavy (non-hydrogen) atoms. The second kappa shape index (κ2) is 4.04. The topological polar surface area (TPSA) is 72.2 Å². The fraction of sp³-hybridized carbons (Fsp3) is 0.533. The highest BCUT2D eigenvalue weighted by atomic mass is 16.6. The number of nitro benzene ring substituents is 1. The molecule has 104 valence electrons. The number of hydrogen-bond acceptors (Lipinski definition) is 3. The number of nitro groups is 1. The summed E-state index contributed by atoms with van der Waals surface area (Å²) in [6.07, 6.45) is 3.93. The maximum atomic E-state index is 12.3. The van der Waals surface area contributed by atoms with E-state index in [0.29, 0.717) is 17.5 Å². The lowest BCUT2D eigenvalue weighted by molar-refractivity contribution is -0.384. The fourth-order valence-corrected chi connectivity index (χ4v) is 4.57. The molecule has 0 heterocycles. The Morgan fingerprint density at radius 1 is 1.15 bits per heavy atom. The van der Waals surface area contributed by atoms with Gasteiger partial charge in [-0.15, -0.1) is 0 Å². The van der Waals surface area contributed by atoms with Gasteiger partial charge in [0.15, 0.2) is 0 Å². The minimum atomic E-state index is -0.436. The van der Waals surface area contributed by atoms with Crippen molar-refractivity contribution in [3.63, 3.8) is 0 Å². The van der Waals surface area contributed by atoms with Crippen LogP contribution in [-0.4, -0.2) is 10.8 Å². The van der Waals surface area contributed by atoms with Crippen molar-refractivity contribution in [2.45, 2.75) is 19.3 Å². The summed E-state index contributed by atoms with van der Waals surface area (Å²) in [6, 6.07) is 6.05. The van der Waals surface area contributed by atoms with Crippen molar-refractivity contribution in [2.75, 3.05) is 5.32 Å². The summed E-state index contributed by atoms with van der Waals surface area (Å²) in [5.74, 6) is 3.08. The van der Waals surface area contributed by atoms with Gasteiger partial charge in [-0.05, 0) is 55.1 Å². The maximum absolute atomic E-state index is 12.3. The number of non-ortho nitro benzene ring substituents is 1. The molecular weight excluding hydrogens is 256 g/mol. The van der Waals surface area contributed by atoms with E-state index in [9.17, 15) is 14.9 Å². The van der Waals surface area contributed by atoms with E-state index in [-0.39, 0.29) is 17.5 Å². The molecule has 0 aromatic heterocycles. The van der Waals surface area contributed by atoms with Gasteiger partial charge in [-0.3, -0.25) is 14.9 Å². The first-order valence-corrected chi connectivity index (χ1v) is 7.20. The summed E-state index contributed by atoms with van der Waals surface area (Å²) in [6.45, 7) is 0. The van der Waals surface area contributed by atoms with Crippen molar-refractivity contribution in [1.82, 2.24) is 0 Å². The van der Waals surface area contributed by atoms with Crippen LogP contribution in [0, 0.1) is 39.7 Å². The lowest BCUT2D eigenvalue weighted by Crippen LogP contribution is -2.18. The average Bonchev–Trinajstić information content (AvgIpc) is 2.89. The number of hydrogen-bond donors (Lipinski definition) is 1. The zero-order valence-electron chi connectivity index (χ0n) is 11.0. The molecule has 3 fully saturated rings. The van der Waals surface area contributed by atoms with Crippen molar-refractivity contribution in [3.05, 3.63) is 34.4 Å². The van der Waals surface area contributed by atoms with Gasteiger partial charge in [0.25, 0.3) is 5.69 Å². The molecule has 5 nitrogen and oxygen atoms in total. The van der Waals surface area contributed by atoms with E-state index in [1.54, 1.807) is 12.1 Å². The Hall–Kier alpha value is -1.91. The van der Waals surface area contributed by atoms with E-state index in [4.69, 9.17) is 0 Å². The van der Waals surface area contributed by atoms with Gasteiger partial charge in [0.1, 0.15) is 0 Å². The maximum Gasteiger partial charge on any atom is 0.269 e. The van der Waals surface area contributed by atoms with Crippen molar-refractivity contribution in [1.29, 1.82) is 0 Å². The number of carbonyl (C=O) groups is 1. The average molecular weight is 272 g/mol. The monoisotopic (exact) mass is 272 g/mol. The molecule has 0 spiro atoms. The normalized spacial score (nSPS) is 36.5. The minimum absolute atomic E-state index is 0.0457. The van der Waals surface area contributed by atoms with Crippen LogP contribution in [0.4, 0.5) is 11.4 Å². The van der Waals surface area contributed by atoms with Gasteiger partial charge in [-0.2, -0.15) is 0 Å². The van der Waals surface area contributed by atoms with Crippen LogP contribution in [0.3, 0.4) is 0 Å². The molecule has 3 aliphatic rings. The number of amides is 1. The molecule has 0 radical (unpaired) electrons. The lowest BCUT2D eigenvalue weighted by Gasteiger charge is -2.09. The number of anilines is 1. The molecule has 4 rings (SSSR count). The third-order valence-corrected chi connectivity index (χ3v) is 5.38. The Kier molecular flexibility index (Phi) is 2.40. The molecule has 5 atom stereocenters. The van der Waals surface area contributed by atoms with Gasteiger partial charge in [0.05, 0.1) is 4.92 Å². The smallest absolute Gasteiger partial charge is 0.269 e. The molecule has 2 bridgehead atoms. The van der Waals surface area contributed by atoms with Crippen LogP contribution in [0.5, 0.6) is 0 Å². The first-order valence-electron chi connectivity index (χ1n) is 7.20. The Morgan fingerprint density at radius 3 is 2.30 bits per heavy atom. The van der Waals surface area contributed by atoms with Crippen LogP contribution in [0.25, 0.3) is 0 Å². The molecule has 1 unspecified atom stereocenters. The largest absolute Gasteiger partial charge is 0.326 e. The second-order valence-corrected chi connectivity index (χ2v) is 6.31. The third kappa shape index (κ3) is 1.65. The molecule has 0 aliphatic heterocycles. The van der Waals surface area contributed by atoms with Crippen LogP contribution < -0.4 is 5.32 Å². The lowest BCUT2D eigenvalue weighted by atomic mass is 10.0. The first kappa shape index (κ1) is 11.9. The Balaban J connectivity index is 1.42. The van der Waals surface area contributed by atoms with Crippen LogP contribution in [0.2, 0.25) is 0 Å². The first-order chi connectivity index (χ1) is 9.65. The van der Waals surface area contributed by atoms with Crippen molar-refractivity contribution >= 4 is 17.3 Å². The van der Waals surface area contributed by atoms with Gasteiger partial charge in [-0.25, -0.2) is 0 Å². The van der Waals surface area contributed by atoms with Crippen LogP contribution in [0.15, 0.2) is 24.3 Å². The number of nitrogens with one attached hydrogen (secondary N) is 1. The Bertz CT molecular complexity index is 567. The predicted octanol–water partition coefficient (Wildman–Crippen LogP) is 2.83. The number of benzene rings is 1. The summed E-state index contributed by atoms with van der Waals surface area (Å²) in [5, 5.41) is 13.5. The van der Waals surface area contributed by atoms with Crippen molar-refractivity contribution < 1.29 is 9.72 Å². The molecule has 5 heteroatoms. The molecule has 1 aromatic carbocycles. The number of nitrogens with zero attached hydrogens (tertiary/aromatic N) is 1. The fourth-order valence-electron chi connectivity index (χ4n) is 4.57. The van der Waals surface area contributed by atoms with E-state index in [1.165, 1.54) is 31.4 Å². The highest BCUT2D eigenvalue weighted by molar-refractivity contribution is 5.95. The van der Waals surface area contributed by atoms with E-state index < -0.39 is 4.92 Å². The van der Waals surface area contributed by atoms with Crippen LogP contribution in [0.1, 0.15) is 19.3 Å². The highest BCUT2D eigenvalue weighted by Crippen LogP contribution is 2.69. The summed E-state index contributed by atoms with van der Waals surface area (Å²) < 4.78 is 0. The van der Waals surface area contributed by atoms with Gasteiger partial charge >= 0.3 is 0 Å². The van der Waals surface area contributed by atoms with Crippen LogP contribution >= 0.6 is 0 Å². The molecule has 3 aliphatic carbocycles. The number of carbonyl (C=O) groups excluding carboxylic acids is 1. The van der Waals surface area contributed by atoms with Gasteiger partial charge < -0.3 is 5.32 Å². The predicted molar refractivity (Wildman–Crippen MR) is 73.0 cm³/mol. The SMILES string of the molecule is O=C(Nc1ccc([N+](=O)[O-])cc1)C1[C@@H]2[C@@H]3CC[C@H](C3)[C@H]12. The van der Waals surface area contributed by atoms with Crippen molar-refractivity contribution in [2.24, 2.45) is 29.6 Å². The molecule has 1 amide bonds. The minimum Gasteiger partial charge on any atom is -0.326 e. The summed E-state index contributed by atoms with van der Waals surface area (Å²) in [5.41, 5.74) is 0.697. The molecule has 0 saturated heterocycles. The Morgan fingerprint density at radius 2 is 1.75 bits per heavy atom. The molecule has 3 saturated carbocycles. The Labute approximate surface area is 116 Å². The van der Waals surface area contributed by atoms with Crippen molar-refractivity contribution in [3.8, 4) is 0 Å².